The van der Waals surface area contributed by atoms with Crippen molar-refractivity contribution in [1.29, 1.82) is 5.26 Å². The van der Waals surface area contributed by atoms with E-state index in [-0.39, 0.29) is 0 Å². The van der Waals surface area contributed by atoms with Crippen molar-refractivity contribution in [3.05, 3.63) is 30.2 Å². The number of aromatic amines is 1. The molecule has 0 amide bonds. The summed E-state index contributed by atoms with van der Waals surface area (Å²) < 4.78 is 5.67. The third kappa shape index (κ3) is 2.89. The topological polar surface area (TPSA) is 89.9 Å². The third-order valence-electron chi connectivity index (χ3n) is 4.30. The van der Waals surface area contributed by atoms with Crippen molar-refractivity contribution in [2.24, 2.45) is 0 Å². The van der Waals surface area contributed by atoms with Gasteiger partial charge in [-0.15, -0.1) is 0 Å². The van der Waals surface area contributed by atoms with E-state index in [1.165, 1.54) is 12.8 Å². The summed E-state index contributed by atoms with van der Waals surface area (Å²) in [6, 6.07) is 5.87. The molecule has 24 heavy (non-hydrogen) atoms. The van der Waals surface area contributed by atoms with E-state index in [2.05, 4.69) is 31.2 Å². The quantitative estimate of drug-likeness (QED) is 0.554. The lowest BCUT2D eigenvalue weighted by molar-refractivity contribution is 0.0526. The Labute approximate surface area is 139 Å². The van der Waals surface area contributed by atoms with Gasteiger partial charge in [0.15, 0.2) is 0 Å². The highest BCUT2D eigenvalue weighted by atomic mass is 16.5. The smallest absolute Gasteiger partial charge is 0.141 e. The number of ether oxygens (including phenoxy) is 1. The summed E-state index contributed by atoms with van der Waals surface area (Å²) >= 11 is 0. The Morgan fingerprint density at radius 3 is 2.92 bits per heavy atom. The number of nitrogens with zero attached hydrogens (tertiary/aromatic N) is 4. The van der Waals surface area contributed by atoms with Gasteiger partial charge in [0, 0.05) is 23.9 Å². The number of anilines is 1. The van der Waals surface area contributed by atoms with E-state index in [4.69, 9.17) is 10.00 Å². The van der Waals surface area contributed by atoms with Gasteiger partial charge in [0.1, 0.15) is 30.9 Å². The van der Waals surface area contributed by atoms with Crippen LogP contribution < -0.4 is 5.32 Å². The lowest BCUT2D eigenvalue weighted by atomic mass is 10.2. The van der Waals surface area contributed by atoms with Gasteiger partial charge < -0.3 is 15.0 Å². The summed E-state index contributed by atoms with van der Waals surface area (Å²) in [6.45, 7) is 3.35. The molecular formula is C17H18N6O. The first-order chi connectivity index (χ1) is 11.8. The molecule has 1 saturated heterocycles. The lowest BCUT2D eigenvalue weighted by Crippen LogP contribution is -2.24. The Bertz CT molecular complexity index is 906. The molecule has 0 aliphatic carbocycles. The Morgan fingerprint density at radius 2 is 2.08 bits per heavy atom. The minimum atomic E-state index is 0.399. The number of fused-ring (bicyclic) bond motifs is 3. The van der Waals surface area contributed by atoms with Crippen LogP contribution in [0.25, 0.3) is 21.9 Å². The van der Waals surface area contributed by atoms with Crippen LogP contribution in [0.2, 0.25) is 0 Å². The molecule has 0 radical (unpaired) electrons. The molecule has 4 heterocycles. The number of rotatable bonds is 5. The number of nitriles is 1. The normalized spacial score (nSPS) is 15.1. The van der Waals surface area contributed by atoms with Crippen LogP contribution in [0.5, 0.6) is 0 Å². The summed E-state index contributed by atoms with van der Waals surface area (Å²) in [5, 5.41) is 14.2. The fraction of sp³-hybridized carbons (Fsp3) is 0.353. The zero-order chi connectivity index (χ0) is 16.4. The van der Waals surface area contributed by atoms with Crippen LogP contribution in [-0.2, 0) is 4.74 Å². The lowest BCUT2D eigenvalue weighted by Gasteiger charge is -2.15. The van der Waals surface area contributed by atoms with Crippen molar-refractivity contribution in [1.82, 2.24) is 19.9 Å². The third-order valence-corrected chi connectivity index (χ3v) is 4.30. The van der Waals surface area contributed by atoms with Gasteiger partial charge in [-0.25, -0.2) is 9.97 Å². The number of nitrogens with one attached hydrogen (secondary N) is 2. The molecule has 122 valence electrons. The fourth-order valence-electron chi connectivity index (χ4n) is 3.05. The highest BCUT2D eigenvalue weighted by molar-refractivity contribution is 6.06. The van der Waals surface area contributed by atoms with Gasteiger partial charge in [-0.05, 0) is 25.0 Å². The molecule has 7 nitrogen and oxygen atoms in total. The Hall–Kier alpha value is -2.69. The number of aromatic nitrogens is 3. The molecule has 3 aromatic heterocycles. The largest absolute Gasteiger partial charge is 0.361 e. The number of hydrogen-bond donors (Lipinski definition) is 2. The van der Waals surface area contributed by atoms with Crippen molar-refractivity contribution in [2.45, 2.75) is 12.8 Å². The Balaban J connectivity index is 1.49. The van der Waals surface area contributed by atoms with E-state index >= 15 is 0 Å². The minimum absolute atomic E-state index is 0.399. The summed E-state index contributed by atoms with van der Waals surface area (Å²) in [4.78, 5) is 14.0. The number of hydrogen-bond acceptors (Lipinski definition) is 6. The molecule has 0 bridgehead atoms. The van der Waals surface area contributed by atoms with Crippen LogP contribution >= 0.6 is 0 Å². The molecule has 3 aromatic rings. The molecule has 0 saturated carbocycles. The van der Waals surface area contributed by atoms with Gasteiger partial charge in [0.05, 0.1) is 23.6 Å². The van der Waals surface area contributed by atoms with E-state index in [0.29, 0.717) is 19.2 Å². The van der Waals surface area contributed by atoms with Crippen LogP contribution in [-0.4, -0.2) is 46.4 Å². The highest BCUT2D eigenvalue weighted by Gasteiger charge is 2.11. The Morgan fingerprint density at radius 1 is 1.21 bits per heavy atom. The molecule has 1 aliphatic rings. The number of pyridine rings is 2. The number of likely N-dealkylation sites (tertiary alicyclic amines) is 1. The molecule has 0 unspecified atom stereocenters. The molecule has 0 spiro atoms. The second kappa shape index (κ2) is 6.43. The summed E-state index contributed by atoms with van der Waals surface area (Å²) in [7, 11) is 0. The van der Waals surface area contributed by atoms with Crippen LogP contribution in [0.1, 0.15) is 18.5 Å². The molecule has 1 aliphatic heterocycles. The van der Waals surface area contributed by atoms with Crippen LogP contribution in [0.15, 0.2) is 24.5 Å². The van der Waals surface area contributed by atoms with Gasteiger partial charge in [-0.3, -0.25) is 4.90 Å². The molecule has 2 N–H and O–H groups in total. The zero-order valence-corrected chi connectivity index (χ0v) is 13.2. The van der Waals surface area contributed by atoms with Gasteiger partial charge >= 0.3 is 0 Å². The second-order valence-electron chi connectivity index (χ2n) is 5.95. The highest BCUT2D eigenvalue weighted by Crippen LogP contribution is 2.26. The molecule has 4 rings (SSSR count). The minimum Gasteiger partial charge on any atom is -0.361 e. The predicted molar refractivity (Wildman–Crippen MR) is 91.4 cm³/mol. The van der Waals surface area contributed by atoms with E-state index in [1.54, 1.807) is 18.5 Å². The van der Waals surface area contributed by atoms with Crippen molar-refractivity contribution in [3.63, 3.8) is 0 Å². The molecule has 0 aromatic carbocycles. The van der Waals surface area contributed by atoms with Gasteiger partial charge in [-0.1, -0.05) is 0 Å². The summed E-state index contributed by atoms with van der Waals surface area (Å²) in [5.41, 5.74) is 2.94. The molecule has 7 heteroatoms. The van der Waals surface area contributed by atoms with E-state index in [0.717, 1.165) is 40.7 Å². The SMILES string of the molecule is N#Cc1cc2c(cn1)[nH]c1ncc(NCOCN3CCCC3)cc12. The Kier molecular flexibility index (Phi) is 3.99. The number of H-pyrrole nitrogens is 1. The maximum atomic E-state index is 9.02. The first kappa shape index (κ1) is 14.9. The van der Waals surface area contributed by atoms with Gasteiger partial charge in [0.25, 0.3) is 0 Å². The predicted octanol–water partition coefficient (Wildman–Crippen LogP) is 2.42. The molecule has 1 fully saturated rings. The standard InChI is InChI=1S/C17H18N6O/c18-7-12-5-14-15-6-13(8-20-17(15)22-16(14)9-19-12)21-10-24-11-23-3-1-2-4-23/h5-6,8-9,21H,1-4,10-11H2,(H,20,22). The van der Waals surface area contributed by atoms with Crippen molar-refractivity contribution in [3.8, 4) is 6.07 Å². The first-order valence-electron chi connectivity index (χ1n) is 8.05. The van der Waals surface area contributed by atoms with Gasteiger partial charge in [0.2, 0.25) is 0 Å². The first-order valence-corrected chi connectivity index (χ1v) is 8.05. The zero-order valence-electron chi connectivity index (χ0n) is 13.2. The average Bonchev–Trinajstić information content (AvgIpc) is 3.25. The second-order valence-corrected chi connectivity index (χ2v) is 5.95. The molecular weight excluding hydrogens is 304 g/mol. The summed E-state index contributed by atoms with van der Waals surface area (Å²) in [5.74, 6) is 0. The van der Waals surface area contributed by atoms with Crippen LogP contribution in [0.4, 0.5) is 5.69 Å². The van der Waals surface area contributed by atoms with E-state index < -0.39 is 0 Å². The van der Waals surface area contributed by atoms with Crippen molar-refractivity contribution in [2.75, 3.05) is 31.9 Å². The van der Waals surface area contributed by atoms with Crippen molar-refractivity contribution >= 4 is 27.6 Å². The van der Waals surface area contributed by atoms with E-state index in [9.17, 15) is 0 Å². The maximum absolute atomic E-state index is 9.02. The monoisotopic (exact) mass is 322 g/mol. The van der Waals surface area contributed by atoms with Gasteiger partial charge in [-0.2, -0.15) is 5.26 Å². The van der Waals surface area contributed by atoms with Crippen LogP contribution in [0, 0.1) is 11.3 Å². The molecule has 0 atom stereocenters. The fourth-order valence-corrected chi connectivity index (χ4v) is 3.05. The maximum Gasteiger partial charge on any atom is 0.141 e. The van der Waals surface area contributed by atoms with Crippen molar-refractivity contribution < 1.29 is 4.74 Å². The summed E-state index contributed by atoms with van der Waals surface area (Å²) in [6.07, 6.45) is 5.96. The van der Waals surface area contributed by atoms with E-state index in [1.807, 2.05) is 6.07 Å². The average molecular weight is 322 g/mol. The van der Waals surface area contributed by atoms with Crippen LogP contribution in [0.3, 0.4) is 0 Å².